The number of esters is 1. The minimum atomic E-state index is -0.553. The van der Waals surface area contributed by atoms with E-state index in [-0.39, 0.29) is 4.88 Å². The summed E-state index contributed by atoms with van der Waals surface area (Å²) in [5.41, 5.74) is 0. The molecule has 286 valence electrons. The summed E-state index contributed by atoms with van der Waals surface area (Å²) in [5, 5.41) is 2.73. The number of thiophene rings is 4. The number of unbranched alkanes of at least 4 members (excludes halogenated alkanes) is 7. The number of hydrogen-bond donors (Lipinski definition) is 0. The van der Waals surface area contributed by atoms with E-state index in [1.807, 2.05) is 6.92 Å². The first-order valence-corrected chi connectivity index (χ1v) is 23.2. The highest BCUT2D eigenvalue weighted by Crippen LogP contribution is 2.54. The van der Waals surface area contributed by atoms with Gasteiger partial charge in [-0.25, -0.2) is 9.18 Å². The molecule has 4 heterocycles. The second-order valence-electron chi connectivity index (χ2n) is 14.4. The Balaban J connectivity index is 1.54. The molecule has 0 aliphatic carbocycles. The molecule has 0 aliphatic heterocycles. The molecular formula is C43H59FO4S4. The summed E-state index contributed by atoms with van der Waals surface area (Å²) in [6, 6.07) is 4.49. The lowest BCUT2D eigenvalue weighted by molar-refractivity contribution is 0.0499. The molecule has 1 aromatic carbocycles. The van der Waals surface area contributed by atoms with Gasteiger partial charge in [-0.05, 0) is 57.1 Å². The Morgan fingerprint density at radius 1 is 0.692 bits per heavy atom. The van der Waals surface area contributed by atoms with Gasteiger partial charge in [0, 0.05) is 30.8 Å². The van der Waals surface area contributed by atoms with Crippen LogP contribution < -0.4 is 9.47 Å². The van der Waals surface area contributed by atoms with E-state index in [0.29, 0.717) is 37.0 Å². The van der Waals surface area contributed by atoms with Gasteiger partial charge in [0.2, 0.25) is 0 Å². The zero-order valence-corrected chi connectivity index (χ0v) is 35.7. The van der Waals surface area contributed by atoms with Crippen molar-refractivity contribution in [2.24, 2.45) is 11.8 Å². The van der Waals surface area contributed by atoms with Crippen molar-refractivity contribution in [1.29, 1.82) is 0 Å². The molecule has 0 saturated heterocycles. The Morgan fingerprint density at radius 3 is 1.88 bits per heavy atom. The highest BCUT2D eigenvalue weighted by molar-refractivity contribution is 7.31. The van der Waals surface area contributed by atoms with E-state index in [1.54, 1.807) is 34.0 Å². The van der Waals surface area contributed by atoms with Crippen LogP contribution in [-0.2, 0) is 4.74 Å². The SMILES string of the molecule is CCCCCCCCOC(=O)c1sc2c(-c3cc4c(OCC(CC)CCCC)c5sc(C)cc5c(OCC(CC)CCCC)c4s3)sc(C)c2c1F. The molecule has 5 aromatic rings. The second kappa shape index (κ2) is 19.9. The van der Waals surface area contributed by atoms with Crippen LogP contribution in [0.4, 0.5) is 4.39 Å². The van der Waals surface area contributed by atoms with Gasteiger partial charge in [-0.15, -0.1) is 45.3 Å². The molecule has 0 bridgehead atoms. The standard InChI is InChI=1S/C43H59FO4S4/c1-8-13-16-17-18-19-22-46-43(45)42-35(44)34-28(7)50-40(41(34)52-42)33-24-32-37(48-26-30(12-5)21-15-10-3)38-31(23-27(6)49-38)36(39(32)51-33)47-25-29(11-4)20-14-9-2/h23-24,29-30H,8-22,25-26H2,1-7H3. The molecule has 4 aromatic heterocycles. The van der Waals surface area contributed by atoms with Crippen LogP contribution >= 0.6 is 45.3 Å². The molecule has 0 spiro atoms. The fourth-order valence-electron chi connectivity index (χ4n) is 6.96. The molecule has 52 heavy (non-hydrogen) atoms. The summed E-state index contributed by atoms with van der Waals surface area (Å²) in [7, 11) is 0. The van der Waals surface area contributed by atoms with Crippen LogP contribution in [-0.4, -0.2) is 25.8 Å². The van der Waals surface area contributed by atoms with Crippen molar-refractivity contribution in [3.8, 4) is 21.3 Å². The molecule has 0 fully saturated rings. The summed E-state index contributed by atoms with van der Waals surface area (Å²) in [4.78, 5) is 17.4. The van der Waals surface area contributed by atoms with Crippen molar-refractivity contribution < 1.29 is 23.4 Å². The maximum atomic E-state index is 16.0. The molecule has 9 heteroatoms. The largest absolute Gasteiger partial charge is 0.491 e. The Kier molecular flexibility index (Phi) is 15.7. The van der Waals surface area contributed by atoms with Crippen LogP contribution in [0.3, 0.4) is 0 Å². The molecule has 0 aliphatic rings. The summed E-state index contributed by atoms with van der Waals surface area (Å²) in [5.74, 6) is 1.86. The number of halogens is 1. The van der Waals surface area contributed by atoms with E-state index in [4.69, 9.17) is 14.2 Å². The van der Waals surface area contributed by atoms with Crippen molar-refractivity contribution in [1.82, 2.24) is 0 Å². The number of carbonyl (C=O) groups is 1. The van der Waals surface area contributed by atoms with Crippen molar-refractivity contribution in [2.75, 3.05) is 19.8 Å². The molecule has 0 radical (unpaired) electrons. The first kappa shape index (κ1) is 41.0. The zero-order valence-electron chi connectivity index (χ0n) is 32.5. The Labute approximate surface area is 327 Å². The lowest BCUT2D eigenvalue weighted by Gasteiger charge is -2.19. The molecule has 0 amide bonds. The molecule has 5 rings (SSSR count). The van der Waals surface area contributed by atoms with Gasteiger partial charge in [-0.3, -0.25) is 0 Å². The predicted molar refractivity (Wildman–Crippen MR) is 227 cm³/mol. The topological polar surface area (TPSA) is 44.8 Å². The molecule has 0 N–H and O–H groups in total. The fraction of sp³-hybridized carbons (Fsp3) is 0.605. The monoisotopic (exact) mass is 786 g/mol. The van der Waals surface area contributed by atoms with Crippen molar-refractivity contribution in [2.45, 2.75) is 138 Å². The number of hydrogen-bond acceptors (Lipinski definition) is 8. The van der Waals surface area contributed by atoms with Gasteiger partial charge in [0.25, 0.3) is 0 Å². The van der Waals surface area contributed by atoms with Gasteiger partial charge >= 0.3 is 5.97 Å². The van der Waals surface area contributed by atoms with Crippen molar-refractivity contribution in [3.63, 3.8) is 0 Å². The smallest absolute Gasteiger partial charge is 0.351 e. The van der Waals surface area contributed by atoms with Crippen LogP contribution in [0.15, 0.2) is 12.1 Å². The van der Waals surface area contributed by atoms with Gasteiger partial charge in [-0.1, -0.05) is 105 Å². The predicted octanol–water partition coefficient (Wildman–Crippen LogP) is 15.5. The maximum Gasteiger partial charge on any atom is 0.351 e. The number of ether oxygens (including phenoxy) is 3. The number of benzene rings is 1. The van der Waals surface area contributed by atoms with Gasteiger partial charge in [-0.2, -0.15) is 0 Å². The van der Waals surface area contributed by atoms with Gasteiger partial charge in [0.05, 0.1) is 38.8 Å². The first-order valence-electron chi connectivity index (χ1n) is 19.9. The highest BCUT2D eigenvalue weighted by atomic mass is 32.1. The number of carbonyl (C=O) groups excluding carboxylic acids is 1. The van der Waals surface area contributed by atoms with Crippen LogP contribution in [0.25, 0.3) is 40.0 Å². The van der Waals surface area contributed by atoms with Crippen LogP contribution in [0.5, 0.6) is 11.5 Å². The summed E-state index contributed by atoms with van der Waals surface area (Å²) in [6.07, 6.45) is 15.9. The Hall–Kier alpha value is -2.20. The van der Waals surface area contributed by atoms with E-state index in [2.05, 4.69) is 53.7 Å². The minimum Gasteiger partial charge on any atom is -0.491 e. The van der Waals surface area contributed by atoms with Crippen molar-refractivity contribution in [3.05, 3.63) is 32.6 Å². The average Bonchev–Trinajstić information content (AvgIpc) is 3.91. The third-order valence-electron chi connectivity index (χ3n) is 10.3. The molecule has 2 atom stereocenters. The van der Waals surface area contributed by atoms with Crippen LogP contribution in [0, 0.1) is 31.5 Å². The van der Waals surface area contributed by atoms with E-state index in [0.717, 1.165) is 95.9 Å². The lowest BCUT2D eigenvalue weighted by atomic mass is 10.0. The molecular weight excluding hydrogens is 728 g/mol. The molecule has 2 unspecified atom stereocenters. The third-order valence-corrected chi connectivity index (χ3v) is 15.1. The highest BCUT2D eigenvalue weighted by Gasteiger charge is 2.28. The average molecular weight is 787 g/mol. The normalized spacial score (nSPS) is 13.1. The van der Waals surface area contributed by atoms with Gasteiger partial charge in [0.1, 0.15) is 16.4 Å². The lowest BCUT2D eigenvalue weighted by Crippen LogP contribution is -2.12. The maximum absolute atomic E-state index is 16.0. The van der Waals surface area contributed by atoms with Gasteiger partial charge in [0.15, 0.2) is 5.82 Å². The minimum absolute atomic E-state index is 0.0775. The van der Waals surface area contributed by atoms with Gasteiger partial charge < -0.3 is 14.2 Å². The Bertz CT molecular complexity index is 1820. The number of fused-ring (bicyclic) bond motifs is 3. The van der Waals surface area contributed by atoms with Crippen LogP contribution in [0.1, 0.15) is 144 Å². The second-order valence-corrected chi connectivity index (χ2v) is 19.0. The van der Waals surface area contributed by atoms with Crippen molar-refractivity contribution >= 4 is 81.6 Å². The number of rotatable bonds is 23. The third kappa shape index (κ3) is 9.53. The van der Waals surface area contributed by atoms with E-state index >= 15 is 4.39 Å². The van der Waals surface area contributed by atoms with E-state index in [9.17, 15) is 4.79 Å². The summed E-state index contributed by atoms with van der Waals surface area (Å²) in [6.45, 7) is 17.0. The zero-order chi connectivity index (χ0) is 37.2. The first-order chi connectivity index (χ1) is 25.3. The summed E-state index contributed by atoms with van der Waals surface area (Å²) >= 11 is 6.31. The van der Waals surface area contributed by atoms with Crippen LogP contribution in [0.2, 0.25) is 0 Å². The quantitative estimate of drug-likeness (QED) is 0.0489. The molecule has 4 nitrogen and oxygen atoms in total. The molecule has 0 saturated carbocycles. The fourth-order valence-corrected chi connectivity index (χ4v) is 11.8. The van der Waals surface area contributed by atoms with E-state index in [1.165, 1.54) is 61.2 Å². The van der Waals surface area contributed by atoms with E-state index < -0.39 is 11.8 Å². The Morgan fingerprint density at radius 2 is 1.27 bits per heavy atom. The number of aryl methyl sites for hydroxylation is 2. The summed E-state index contributed by atoms with van der Waals surface area (Å²) < 4.78 is 38.3.